The maximum Gasteiger partial charge on any atom is 0.252 e. The summed E-state index contributed by atoms with van der Waals surface area (Å²) in [5, 5.41) is 0.761. The Morgan fingerprint density at radius 1 is 1.11 bits per heavy atom. The van der Waals surface area contributed by atoms with Crippen LogP contribution in [0.4, 0.5) is 5.13 Å². The van der Waals surface area contributed by atoms with E-state index in [2.05, 4.69) is 24.0 Å². The van der Waals surface area contributed by atoms with Crippen molar-refractivity contribution in [3.8, 4) is 0 Å². The van der Waals surface area contributed by atoms with Gasteiger partial charge in [0.25, 0.3) is 5.91 Å². The van der Waals surface area contributed by atoms with E-state index in [0.717, 1.165) is 33.9 Å². The predicted molar refractivity (Wildman–Crippen MR) is 115 cm³/mol. The average molecular weight is 380 g/mol. The SMILES string of the molecule is Cc1ccc2nc(N(CCCN(C)C)C(=O)C=Cc3ccccc3)sc2c1. The molecule has 1 amide bonds. The van der Waals surface area contributed by atoms with E-state index in [1.54, 1.807) is 22.3 Å². The number of aromatic nitrogens is 1. The standard InChI is InChI=1S/C22H25N3OS/c1-17-10-12-19-20(16-17)27-22(23-19)25(15-7-14-24(2)3)21(26)13-11-18-8-5-4-6-9-18/h4-6,8-13,16H,7,14-15H2,1-3H3. The number of aryl methyl sites for hydroxylation is 1. The molecule has 0 radical (unpaired) electrons. The molecule has 0 saturated heterocycles. The molecule has 0 unspecified atom stereocenters. The number of amides is 1. The Bertz CT molecular complexity index is 931. The molecule has 0 spiro atoms. The van der Waals surface area contributed by atoms with Crippen molar-refractivity contribution in [2.24, 2.45) is 0 Å². The summed E-state index contributed by atoms with van der Waals surface area (Å²) in [6.07, 6.45) is 4.40. The van der Waals surface area contributed by atoms with Gasteiger partial charge in [-0.05, 0) is 63.3 Å². The molecule has 0 aliphatic carbocycles. The molecular weight excluding hydrogens is 354 g/mol. The largest absolute Gasteiger partial charge is 0.309 e. The number of nitrogens with zero attached hydrogens (tertiary/aromatic N) is 3. The average Bonchev–Trinajstić information content (AvgIpc) is 3.06. The maximum absolute atomic E-state index is 12.9. The molecular formula is C22H25N3OS. The van der Waals surface area contributed by atoms with Gasteiger partial charge >= 0.3 is 0 Å². The summed E-state index contributed by atoms with van der Waals surface area (Å²) < 4.78 is 1.11. The van der Waals surface area contributed by atoms with Crippen LogP contribution < -0.4 is 4.90 Å². The van der Waals surface area contributed by atoms with Crippen LogP contribution in [0, 0.1) is 6.92 Å². The lowest BCUT2D eigenvalue weighted by atomic mass is 10.2. The zero-order valence-electron chi connectivity index (χ0n) is 16.1. The summed E-state index contributed by atoms with van der Waals surface area (Å²) in [7, 11) is 4.09. The van der Waals surface area contributed by atoms with Crippen molar-refractivity contribution in [1.29, 1.82) is 0 Å². The Morgan fingerprint density at radius 2 is 1.89 bits per heavy atom. The number of anilines is 1. The van der Waals surface area contributed by atoms with E-state index >= 15 is 0 Å². The molecule has 0 N–H and O–H groups in total. The molecule has 0 atom stereocenters. The van der Waals surface area contributed by atoms with Gasteiger partial charge in [0.15, 0.2) is 5.13 Å². The van der Waals surface area contributed by atoms with E-state index in [-0.39, 0.29) is 5.91 Å². The Kier molecular flexibility index (Phi) is 6.37. The third kappa shape index (κ3) is 5.25. The van der Waals surface area contributed by atoms with Crippen molar-refractivity contribution in [2.45, 2.75) is 13.3 Å². The number of benzene rings is 2. The highest BCUT2D eigenvalue weighted by atomic mass is 32.1. The quantitative estimate of drug-likeness (QED) is 0.563. The number of thiazole rings is 1. The molecule has 0 aliphatic heterocycles. The molecule has 1 aromatic heterocycles. The molecule has 140 valence electrons. The zero-order chi connectivity index (χ0) is 19.2. The molecule has 4 nitrogen and oxygen atoms in total. The molecule has 27 heavy (non-hydrogen) atoms. The third-order valence-corrected chi connectivity index (χ3v) is 5.28. The zero-order valence-corrected chi connectivity index (χ0v) is 16.9. The van der Waals surface area contributed by atoms with Crippen LogP contribution in [-0.4, -0.2) is 43.0 Å². The minimum Gasteiger partial charge on any atom is -0.309 e. The molecule has 3 rings (SSSR count). The van der Waals surface area contributed by atoms with E-state index in [4.69, 9.17) is 4.98 Å². The summed E-state index contributed by atoms with van der Waals surface area (Å²) in [4.78, 5) is 21.6. The van der Waals surface area contributed by atoms with Crippen molar-refractivity contribution in [2.75, 3.05) is 32.1 Å². The van der Waals surface area contributed by atoms with E-state index < -0.39 is 0 Å². The molecule has 1 heterocycles. The number of hydrogen-bond acceptors (Lipinski definition) is 4. The molecule has 5 heteroatoms. The first kappa shape index (κ1) is 19.3. The summed E-state index contributed by atoms with van der Waals surface area (Å²) in [6, 6.07) is 16.1. The van der Waals surface area contributed by atoms with Crippen LogP contribution in [0.3, 0.4) is 0 Å². The van der Waals surface area contributed by atoms with Crippen molar-refractivity contribution in [1.82, 2.24) is 9.88 Å². The van der Waals surface area contributed by atoms with Gasteiger partial charge in [0.1, 0.15) is 0 Å². The fraction of sp³-hybridized carbons (Fsp3) is 0.273. The second-order valence-corrected chi connectivity index (χ2v) is 7.87. The Hall–Kier alpha value is -2.50. The lowest BCUT2D eigenvalue weighted by molar-refractivity contribution is -0.114. The summed E-state index contributed by atoms with van der Waals surface area (Å²) in [5.74, 6) is -0.0339. The highest BCUT2D eigenvalue weighted by Crippen LogP contribution is 2.30. The van der Waals surface area contributed by atoms with Gasteiger partial charge in [0.2, 0.25) is 0 Å². The first-order chi connectivity index (χ1) is 13.0. The van der Waals surface area contributed by atoms with E-state index in [1.807, 2.05) is 56.6 Å². The molecule has 3 aromatic rings. The van der Waals surface area contributed by atoms with Crippen LogP contribution in [0.25, 0.3) is 16.3 Å². The van der Waals surface area contributed by atoms with Crippen LogP contribution in [-0.2, 0) is 4.79 Å². The minimum atomic E-state index is -0.0339. The van der Waals surface area contributed by atoms with Crippen molar-refractivity contribution in [3.63, 3.8) is 0 Å². The van der Waals surface area contributed by atoms with Crippen LogP contribution in [0.2, 0.25) is 0 Å². The Balaban J connectivity index is 1.84. The Labute approximate surface area is 164 Å². The van der Waals surface area contributed by atoms with Crippen LogP contribution in [0.5, 0.6) is 0 Å². The fourth-order valence-corrected chi connectivity index (χ4v) is 3.90. The van der Waals surface area contributed by atoms with Gasteiger partial charge in [-0.15, -0.1) is 0 Å². The first-order valence-electron chi connectivity index (χ1n) is 9.09. The topological polar surface area (TPSA) is 36.4 Å². The van der Waals surface area contributed by atoms with E-state index in [9.17, 15) is 4.79 Å². The van der Waals surface area contributed by atoms with Gasteiger partial charge in [-0.3, -0.25) is 9.69 Å². The summed E-state index contributed by atoms with van der Waals surface area (Å²) in [5.41, 5.74) is 3.16. The van der Waals surface area contributed by atoms with Crippen LogP contribution >= 0.6 is 11.3 Å². The molecule has 0 fully saturated rings. The van der Waals surface area contributed by atoms with Gasteiger partial charge in [-0.25, -0.2) is 4.98 Å². The number of rotatable bonds is 7. The summed E-state index contributed by atoms with van der Waals surface area (Å²) >= 11 is 1.57. The normalized spacial score (nSPS) is 11.6. The molecule has 0 aliphatic rings. The van der Waals surface area contributed by atoms with E-state index in [0.29, 0.717) is 6.54 Å². The third-order valence-electron chi connectivity index (χ3n) is 4.23. The van der Waals surface area contributed by atoms with Gasteiger partial charge in [0.05, 0.1) is 10.2 Å². The number of fused-ring (bicyclic) bond motifs is 1. The summed E-state index contributed by atoms with van der Waals surface area (Å²) in [6.45, 7) is 3.65. The molecule has 0 bridgehead atoms. The smallest absolute Gasteiger partial charge is 0.252 e. The first-order valence-corrected chi connectivity index (χ1v) is 9.91. The number of hydrogen-bond donors (Lipinski definition) is 0. The Morgan fingerprint density at radius 3 is 2.63 bits per heavy atom. The van der Waals surface area contributed by atoms with Gasteiger partial charge in [0, 0.05) is 12.6 Å². The lowest BCUT2D eigenvalue weighted by Crippen LogP contribution is -2.32. The minimum absolute atomic E-state index is 0.0339. The van der Waals surface area contributed by atoms with Crippen molar-refractivity contribution < 1.29 is 4.79 Å². The second-order valence-electron chi connectivity index (χ2n) is 6.86. The second kappa shape index (κ2) is 8.93. The lowest BCUT2D eigenvalue weighted by Gasteiger charge is -2.19. The number of carbonyl (C=O) groups is 1. The molecule has 2 aromatic carbocycles. The van der Waals surface area contributed by atoms with E-state index in [1.165, 1.54) is 5.56 Å². The predicted octanol–water partition coefficient (Wildman–Crippen LogP) is 4.60. The number of carbonyl (C=O) groups excluding carboxylic acids is 1. The van der Waals surface area contributed by atoms with Crippen molar-refractivity contribution in [3.05, 3.63) is 65.7 Å². The monoisotopic (exact) mass is 379 g/mol. The molecule has 0 saturated carbocycles. The van der Waals surface area contributed by atoms with Crippen molar-refractivity contribution >= 4 is 38.7 Å². The highest BCUT2D eigenvalue weighted by molar-refractivity contribution is 7.22. The van der Waals surface area contributed by atoms with Gasteiger partial charge in [-0.2, -0.15) is 0 Å². The van der Waals surface area contributed by atoms with Crippen LogP contribution in [0.15, 0.2) is 54.6 Å². The van der Waals surface area contributed by atoms with Gasteiger partial charge < -0.3 is 4.90 Å². The van der Waals surface area contributed by atoms with Crippen LogP contribution in [0.1, 0.15) is 17.5 Å². The van der Waals surface area contributed by atoms with Gasteiger partial charge in [-0.1, -0.05) is 47.7 Å². The maximum atomic E-state index is 12.9. The highest BCUT2D eigenvalue weighted by Gasteiger charge is 2.17. The fourth-order valence-electron chi connectivity index (χ4n) is 2.80.